The lowest BCUT2D eigenvalue weighted by molar-refractivity contribution is -0.137. The van der Waals surface area contributed by atoms with Crippen molar-refractivity contribution in [1.29, 1.82) is 0 Å². The van der Waals surface area contributed by atoms with Crippen LogP contribution in [0.25, 0.3) is 0 Å². The van der Waals surface area contributed by atoms with Crippen LogP contribution in [0.4, 0.5) is 24.8 Å². The zero-order valence-electron chi connectivity index (χ0n) is 10.3. The van der Waals surface area contributed by atoms with E-state index in [1.807, 2.05) is 0 Å². The van der Waals surface area contributed by atoms with Crippen LogP contribution >= 0.6 is 0 Å². The highest BCUT2D eigenvalue weighted by atomic mass is 19.4. The molecule has 0 aromatic carbocycles. The highest BCUT2D eigenvalue weighted by molar-refractivity contribution is 5.50. The summed E-state index contributed by atoms with van der Waals surface area (Å²) in [6.07, 6.45) is -4.49. The van der Waals surface area contributed by atoms with Crippen molar-refractivity contribution < 1.29 is 23.4 Å². The van der Waals surface area contributed by atoms with Gasteiger partial charge in [0.1, 0.15) is 11.6 Å². The molecule has 0 saturated heterocycles. The minimum Gasteiger partial charge on any atom is -0.394 e. The number of hydrogen-bond acceptors (Lipinski definition) is 5. The molecule has 1 aromatic rings. The summed E-state index contributed by atoms with van der Waals surface area (Å²) in [5, 5.41) is 23.0. The number of aliphatic hydroxyl groups is 2. The molecule has 0 bridgehead atoms. The third-order valence-electron chi connectivity index (χ3n) is 2.30. The van der Waals surface area contributed by atoms with Gasteiger partial charge in [-0.1, -0.05) is 0 Å². The summed E-state index contributed by atoms with van der Waals surface area (Å²) >= 11 is 0. The van der Waals surface area contributed by atoms with Crippen LogP contribution in [-0.2, 0) is 6.18 Å². The molecule has 108 valence electrons. The summed E-state index contributed by atoms with van der Waals surface area (Å²) in [5.41, 5.74) is -0.851. The van der Waals surface area contributed by atoms with Crippen LogP contribution in [0.3, 0.4) is 0 Å². The smallest absolute Gasteiger partial charge is 0.394 e. The lowest BCUT2D eigenvalue weighted by Gasteiger charge is -2.17. The van der Waals surface area contributed by atoms with E-state index in [9.17, 15) is 13.2 Å². The summed E-state index contributed by atoms with van der Waals surface area (Å²) in [7, 11) is 0. The Morgan fingerprint density at radius 3 is 2.26 bits per heavy atom. The molecule has 19 heavy (non-hydrogen) atoms. The Kier molecular flexibility index (Phi) is 5.37. The lowest BCUT2D eigenvalue weighted by atomic mass is 10.2. The molecule has 4 N–H and O–H groups in total. The van der Waals surface area contributed by atoms with Crippen molar-refractivity contribution in [2.24, 2.45) is 0 Å². The van der Waals surface area contributed by atoms with Crippen molar-refractivity contribution in [1.82, 2.24) is 4.98 Å². The molecule has 0 spiro atoms. The van der Waals surface area contributed by atoms with E-state index in [0.717, 1.165) is 12.1 Å². The Morgan fingerprint density at radius 2 is 1.79 bits per heavy atom. The molecule has 1 heterocycles. The zero-order valence-corrected chi connectivity index (χ0v) is 10.3. The summed E-state index contributed by atoms with van der Waals surface area (Å²) in [6, 6.07) is 0.978. The monoisotopic (exact) mass is 279 g/mol. The highest BCUT2D eigenvalue weighted by Crippen LogP contribution is 2.32. The van der Waals surface area contributed by atoms with Crippen molar-refractivity contribution in [2.45, 2.75) is 19.1 Å². The normalized spacial score (nSPS) is 11.7. The first kappa shape index (κ1) is 15.5. The number of nitrogens with one attached hydrogen (secondary N) is 2. The fourth-order valence-electron chi connectivity index (χ4n) is 1.40. The topological polar surface area (TPSA) is 77.4 Å². The second kappa shape index (κ2) is 6.58. The van der Waals surface area contributed by atoms with Crippen molar-refractivity contribution in [3.63, 3.8) is 0 Å². The fourth-order valence-corrected chi connectivity index (χ4v) is 1.40. The molecule has 5 nitrogen and oxygen atoms in total. The molecule has 1 aromatic heterocycles. The van der Waals surface area contributed by atoms with Gasteiger partial charge in [-0.3, -0.25) is 0 Å². The largest absolute Gasteiger partial charge is 0.416 e. The Morgan fingerprint density at radius 1 is 1.21 bits per heavy atom. The van der Waals surface area contributed by atoms with Crippen molar-refractivity contribution in [2.75, 3.05) is 30.4 Å². The molecular formula is C11H16F3N3O2. The molecule has 0 aliphatic heterocycles. The summed E-state index contributed by atoms with van der Waals surface area (Å²) in [5.74, 6) is 0.0216. The SMILES string of the molecule is CCNc1cc(C(F)(F)F)cc(NC(CO)CO)n1. The van der Waals surface area contributed by atoms with Crippen molar-refractivity contribution in [3.05, 3.63) is 17.7 Å². The number of pyridine rings is 1. The van der Waals surface area contributed by atoms with Gasteiger partial charge in [0.2, 0.25) is 0 Å². The number of halogens is 3. The van der Waals surface area contributed by atoms with Crippen LogP contribution in [0, 0.1) is 0 Å². The molecular weight excluding hydrogens is 263 g/mol. The average molecular weight is 279 g/mol. The second-order valence-corrected chi connectivity index (χ2v) is 3.86. The van der Waals surface area contributed by atoms with Gasteiger partial charge in [-0.2, -0.15) is 13.2 Å². The van der Waals surface area contributed by atoms with Crippen molar-refractivity contribution >= 4 is 11.6 Å². The summed E-state index contributed by atoms with van der Waals surface area (Å²) < 4.78 is 38.1. The van der Waals surface area contributed by atoms with E-state index in [-0.39, 0.29) is 11.6 Å². The third kappa shape index (κ3) is 4.56. The molecule has 0 fully saturated rings. The number of hydrogen-bond donors (Lipinski definition) is 4. The molecule has 0 radical (unpaired) electrons. The maximum Gasteiger partial charge on any atom is 0.416 e. The minimum atomic E-state index is -4.49. The predicted molar refractivity (Wildman–Crippen MR) is 65.0 cm³/mol. The Bertz CT molecular complexity index is 409. The molecule has 1 rings (SSSR count). The molecule has 0 atom stereocenters. The molecule has 0 saturated carbocycles. The van der Waals surface area contributed by atoms with Crippen LogP contribution in [0.15, 0.2) is 12.1 Å². The fraction of sp³-hybridized carbons (Fsp3) is 0.545. The van der Waals surface area contributed by atoms with Crippen LogP contribution in [0.2, 0.25) is 0 Å². The Hall–Kier alpha value is -1.54. The number of aliphatic hydroxyl groups excluding tert-OH is 2. The van der Waals surface area contributed by atoms with Gasteiger partial charge >= 0.3 is 6.18 Å². The van der Waals surface area contributed by atoms with Gasteiger partial charge in [0.05, 0.1) is 24.8 Å². The van der Waals surface area contributed by atoms with E-state index in [1.54, 1.807) is 6.92 Å². The van der Waals surface area contributed by atoms with E-state index >= 15 is 0 Å². The maximum atomic E-state index is 12.7. The number of anilines is 2. The van der Waals surface area contributed by atoms with Gasteiger partial charge in [-0.05, 0) is 19.1 Å². The van der Waals surface area contributed by atoms with Crippen LogP contribution < -0.4 is 10.6 Å². The third-order valence-corrected chi connectivity index (χ3v) is 2.30. The number of alkyl halides is 3. The molecule has 0 aliphatic rings. The van der Waals surface area contributed by atoms with E-state index < -0.39 is 31.0 Å². The standard InChI is InChI=1S/C11H16F3N3O2/c1-2-15-9-3-7(11(12,13)14)4-10(17-9)16-8(5-18)6-19/h3-4,8,18-19H,2,5-6H2,1H3,(H2,15,16,17). The molecule has 0 unspecified atom stereocenters. The minimum absolute atomic E-state index is 0.0566. The van der Waals surface area contributed by atoms with E-state index in [0.29, 0.717) is 6.54 Å². The summed E-state index contributed by atoms with van der Waals surface area (Å²) in [6.45, 7) is 1.34. The van der Waals surface area contributed by atoms with Crippen LogP contribution in [0.5, 0.6) is 0 Å². The van der Waals surface area contributed by atoms with Gasteiger partial charge in [0.25, 0.3) is 0 Å². The quantitative estimate of drug-likeness (QED) is 0.631. The number of aromatic nitrogens is 1. The van der Waals surface area contributed by atoms with Crippen LogP contribution in [0.1, 0.15) is 12.5 Å². The van der Waals surface area contributed by atoms with Gasteiger partial charge in [-0.15, -0.1) is 0 Å². The van der Waals surface area contributed by atoms with E-state index in [4.69, 9.17) is 10.2 Å². The Labute approximate surface area is 108 Å². The highest BCUT2D eigenvalue weighted by Gasteiger charge is 2.31. The van der Waals surface area contributed by atoms with Gasteiger partial charge < -0.3 is 20.8 Å². The number of rotatable bonds is 6. The lowest BCUT2D eigenvalue weighted by Crippen LogP contribution is -2.28. The van der Waals surface area contributed by atoms with E-state index in [1.165, 1.54) is 0 Å². The van der Waals surface area contributed by atoms with Crippen LogP contribution in [-0.4, -0.2) is 41.0 Å². The predicted octanol–water partition coefficient (Wildman–Crippen LogP) is 1.30. The molecule has 0 amide bonds. The van der Waals surface area contributed by atoms with E-state index in [2.05, 4.69) is 15.6 Å². The first-order valence-electron chi connectivity index (χ1n) is 5.72. The number of nitrogens with zero attached hydrogens (tertiary/aromatic N) is 1. The van der Waals surface area contributed by atoms with Gasteiger partial charge in [-0.25, -0.2) is 4.98 Å². The molecule has 0 aliphatic carbocycles. The first-order valence-corrected chi connectivity index (χ1v) is 5.72. The summed E-state index contributed by atoms with van der Waals surface area (Å²) in [4.78, 5) is 3.93. The maximum absolute atomic E-state index is 12.7. The molecule has 8 heteroatoms. The van der Waals surface area contributed by atoms with Gasteiger partial charge in [0.15, 0.2) is 0 Å². The zero-order chi connectivity index (χ0) is 14.5. The Balaban J connectivity index is 3.05. The second-order valence-electron chi connectivity index (χ2n) is 3.86. The van der Waals surface area contributed by atoms with Gasteiger partial charge in [0, 0.05) is 6.54 Å². The average Bonchev–Trinajstić information content (AvgIpc) is 2.35. The van der Waals surface area contributed by atoms with Crippen molar-refractivity contribution in [3.8, 4) is 0 Å². The first-order chi connectivity index (χ1) is 8.90.